The molecule has 1 aliphatic carbocycles. The van der Waals surface area contributed by atoms with Gasteiger partial charge in [-0.3, -0.25) is 9.59 Å². The second-order valence-electron chi connectivity index (χ2n) is 11.0. The predicted molar refractivity (Wildman–Crippen MR) is 159 cm³/mol. The average molecular weight is 557 g/mol. The lowest BCUT2D eigenvalue weighted by Crippen LogP contribution is -2.30. The maximum Gasteiger partial charge on any atom is 0.339 e. The number of carboxylic acid groups (broad SMARTS) is 1. The van der Waals surface area contributed by atoms with E-state index in [1.54, 1.807) is 23.1 Å². The molecule has 0 heterocycles. The number of nitrogens with one attached hydrogen (secondary N) is 1. The third-order valence-corrected chi connectivity index (χ3v) is 7.87. The lowest BCUT2D eigenvalue weighted by atomic mass is 10.0. The molecule has 0 aliphatic heterocycles. The van der Waals surface area contributed by atoms with Gasteiger partial charge in [-0.1, -0.05) is 74.2 Å². The number of phenols is 1. The average Bonchev–Trinajstić information content (AvgIpc) is 3.51. The van der Waals surface area contributed by atoms with Crippen LogP contribution in [0.4, 0.5) is 0 Å². The smallest absolute Gasteiger partial charge is 0.339 e. The van der Waals surface area contributed by atoms with Crippen LogP contribution in [0.15, 0.2) is 72.8 Å². The van der Waals surface area contributed by atoms with Crippen LogP contribution in [0.5, 0.6) is 5.75 Å². The first kappa shape index (κ1) is 29.8. The van der Waals surface area contributed by atoms with Gasteiger partial charge in [0.25, 0.3) is 5.91 Å². The first-order valence-electron chi connectivity index (χ1n) is 14.6. The third kappa shape index (κ3) is 9.20. The number of aryl methyl sites for hydroxylation is 1. The van der Waals surface area contributed by atoms with E-state index < -0.39 is 5.97 Å². The predicted octanol–water partition coefficient (Wildman–Crippen LogP) is 6.34. The molecular formula is C34H40N2O5. The molecule has 0 atom stereocenters. The van der Waals surface area contributed by atoms with Gasteiger partial charge < -0.3 is 20.4 Å². The molecular weight excluding hydrogens is 516 g/mol. The Morgan fingerprint density at radius 1 is 0.829 bits per heavy atom. The van der Waals surface area contributed by atoms with E-state index in [1.165, 1.54) is 43.4 Å². The quantitative estimate of drug-likeness (QED) is 0.201. The molecule has 216 valence electrons. The molecule has 3 N–H and O–H groups in total. The Kier molecular flexibility index (Phi) is 10.9. The number of carbonyl (C=O) groups excluding carboxylic acids is 2. The fourth-order valence-electron chi connectivity index (χ4n) is 5.47. The van der Waals surface area contributed by atoms with E-state index in [1.807, 2.05) is 30.3 Å². The lowest BCUT2D eigenvalue weighted by Gasteiger charge is -2.24. The minimum atomic E-state index is -1.21. The Morgan fingerprint density at radius 2 is 1.51 bits per heavy atom. The topological polar surface area (TPSA) is 107 Å². The summed E-state index contributed by atoms with van der Waals surface area (Å²) in [4.78, 5) is 39.2. The van der Waals surface area contributed by atoms with Crippen LogP contribution in [0.25, 0.3) is 0 Å². The van der Waals surface area contributed by atoms with Crippen molar-refractivity contribution < 1.29 is 24.6 Å². The largest absolute Gasteiger partial charge is 0.507 e. The fourth-order valence-corrected chi connectivity index (χ4v) is 5.47. The Hall–Kier alpha value is -4.13. The first-order chi connectivity index (χ1) is 19.9. The van der Waals surface area contributed by atoms with Crippen LogP contribution in [0.2, 0.25) is 0 Å². The summed E-state index contributed by atoms with van der Waals surface area (Å²) in [6.07, 6.45) is 8.98. The number of hydrogen-bond donors (Lipinski definition) is 3. The number of nitrogens with zero attached hydrogens (tertiary/aromatic N) is 1. The molecule has 3 aromatic rings. The molecule has 41 heavy (non-hydrogen) atoms. The normalized spacial score (nSPS) is 13.2. The fraction of sp³-hybridized carbons (Fsp3) is 0.382. The van der Waals surface area contributed by atoms with Gasteiger partial charge in [-0.05, 0) is 72.6 Å². The summed E-state index contributed by atoms with van der Waals surface area (Å²) in [5.41, 5.74) is 3.21. The zero-order valence-electron chi connectivity index (χ0n) is 23.6. The van der Waals surface area contributed by atoms with Crippen molar-refractivity contribution in [1.29, 1.82) is 0 Å². The number of hydrogen-bond acceptors (Lipinski definition) is 4. The molecule has 0 unspecified atom stereocenters. The second-order valence-corrected chi connectivity index (χ2v) is 11.0. The van der Waals surface area contributed by atoms with Gasteiger partial charge in [0.05, 0.1) is 0 Å². The van der Waals surface area contributed by atoms with E-state index in [4.69, 9.17) is 0 Å². The summed E-state index contributed by atoms with van der Waals surface area (Å²) < 4.78 is 0. The highest BCUT2D eigenvalue weighted by Gasteiger charge is 2.21. The van der Waals surface area contributed by atoms with Crippen molar-refractivity contribution in [1.82, 2.24) is 10.2 Å². The lowest BCUT2D eigenvalue weighted by molar-refractivity contribution is -0.132. The van der Waals surface area contributed by atoms with Gasteiger partial charge in [0.2, 0.25) is 5.91 Å². The Labute approximate surface area is 242 Å². The van der Waals surface area contributed by atoms with E-state index in [9.17, 15) is 24.6 Å². The van der Waals surface area contributed by atoms with E-state index >= 15 is 0 Å². The van der Waals surface area contributed by atoms with Crippen LogP contribution >= 0.6 is 0 Å². The highest BCUT2D eigenvalue weighted by Crippen LogP contribution is 2.29. The van der Waals surface area contributed by atoms with Crippen molar-refractivity contribution in [3.05, 3.63) is 101 Å². The molecule has 1 aliphatic rings. The maximum absolute atomic E-state index is 13.3. The zero-order chi connectivity index (χ0) is 29.0. The molecule has 0 spiro atoms. The molecule has 1 saturated carbocycles. The first-order valence-corrected chi connectivity index (χ1v) is 14.6. The van der Waals surface area contributed by atoms with E-state index in [-0.39, 0.29) is 29.7 Å². The number of benzene rings is 3. The van der Waals surface area contributed by atoms with Crippen LogP contribution in [0, 0.1) is 5.92 Å². The summed E-state index contributed by atoms with van der Waals surface area (Å²) in [6, 6.07) is 22.0. The molecule has 0 bridgehead atoms. The van der Waals surface area contributed by atoms with Gasteiger partial charge in [0.1, 0.15) is 11.3 Å². The van der Waals surface area contributed by atoms with Gasteiger partial charge in [-0.2, -0.15) is 0 Å². The van der Waals surface area contributed by atoms with Crippen molar-refractivity contribution in [3.63, 3.8) is 0 Å². The molecule has 0 radical (unpaired) electrons. The van der Waals surface area contributed by atoms with Gasteiger partial charge in [-0.15, -0.1) is 0 Å². The van der Waals surface area contributed by atoms with Crippen LogP contribution < -0.4 is 5.32 Å². The van der Waals surface area contributed by atoms with Crippen molar-refractivity contribution in [2.75, 3.05) is 6.54 Å². The monoisotopic (exact) mass is 556 g/mol. The van der Waals surface area contributed by atoms with Gasteiger partial charge >= 0.3 is 5.97 Å². The minimum absolute atomic E-state index is 0.0131. The van der Waals surface area contributed by atoms with Crippen molar-refractivity contribution >= 4 is 17.8 Å². The number of amides is 2. The highest BCUT2D eigenvalue weighted by molar-refractivity contribution is 5.94. The Bertz CT molecular complexity index is 1300. The summed E-state index contributed by atoms with van der Waals surface area (Å²) in [7, 11) is 0. The molecule has 3 aromatic carbocycles. The van der Waals surface area contributed by atoms with Gasteiger partial charge in [0.15, 0.2) is 0 Å². The van der Waals surface area contributed by atoms with Crippen LogP contribution in [-0.2, 0) is 24.3 Å². The molecule has 1 fully saturated rings. The Balaban J connectivity index is 1.34. The summed E-state index contributed by atoms with van der Waals surface area (Å²) in [6.45, 7) is 1.19. The SMILES string of the molecule is O=C(NCCCCc1ccccc1)c1ccc(CN(Cc2ccc(O)c(C(=O)O)c2)C(=O)CCC2CCCC2)cc1. The van der Waals surface area contributed by atoms with Crippen molar-refractivity contribution in [2.45, 2.75) is 70.9 Å². The molecule has 7 nitrogen and oxygen atoms in total. The van der Waals surface area contributed by atoms with Crippen LogP contribution in [0.1, 0.15) is 88.8 Å². The summed E-state index contributed by atoms with van der Waals surface area (Å²) in [5.74, 6) is -1.03. The molecule has 2 amide bonds. The number of carbonyl (C=O) groups is 3. The van der Waals surface area contributed by atoms with E-state index in [2.05, 4.69) is 17.4 Å². The maximum atomic E-state index is 13.3. The van der Waals surface area contributed by atoms with Crippen molar-refractivity contribution in [3.8, 4) is 5.75 Å². The zero-order valence-corrected chi connectivity index (χ0v) is 23.6. The molecule has 7 heteroatoms. The van der Waals surface area contributed by atoms with Crippen molar-refractivity contribution in [2.24, 2.45) is 5.92 Å². The number of aromatic hydroxyl groups is 1. The number of aromatic carboxylic acids is 1. The molecule has 0 saturated heterocycles. The number of rotatable bonds is 14. The second kappa shape index (κ2) is 15.0. The van der Waals surface area contributed by atoms with Gasteiger partial charge in [0, 0.05) is 31.6 Å². The summed E-state index contributed by atoms with van der Waals surface area (Å²) >= 11 is 0. The third-order valence-electron chi connectivity index (χ3n) is 7.87. The van der Waals surface area contributed by atoms with Gasteiger partial charge in [-0.25, -0.2) is 4.79 Å². The standard InChI is InChI=1S/C34H40N2O5/c37-31-19-15-28(22-30(31)34(40)41)24-36(32(38)20-16-26-10-4-5-11-26)23-27-13-17-29(18-14-27)33(39)35-21-7-6-12-25-8-2-1-3-9-25/h1-3,8-9,13-15,17-19,22,26,37H,4-7,10-12,16,20-21,23-24H2,(H,35,39)(H,40,41). The van der Waals surface area contributed by atoms with E-state index in [0.717, 1.165) is 31.2 Å². The van der Waals surface area contributed by atoms with Crippen LogP contribution in [0.3, 0.4) is 0 Å². The highest BCUT2D eigenvalue weighted by atomic mass is 16.4. The Morgan fingerprint density at radius 3 is 2.22 bits per heavy atom. The molecule has 4 rings (SSSR count). The van der Waals surface area contributed by atoms with Crippen LogP contribution in [-0.4, -0.2) is 39.4 Å². The minimum Gasteiger partial charge on any atom is -0.507 e. The number of carboxylic acids is 1. The molecule has 0 aromatic heterocycles. The van der Waals surface area contributed by atoms with E-state index in [0.29, 0.717) is 36.6 Å². The summed E-state index contributed by atoms with van der Waals surface area (Å²) in [5, 5.41) is 22.3. The number of unbranched alkanes of at least 4 members (excludes halogenated alkanes) is 1.